The van der Waals surface area contributed by atoms with Crippen molar-refractivity contribution in [2.45, 2.75) is 31.5 Å². The third-order valence-electron chi connectivity index (χ3n) is 2.17. The Bertz CT molecular complexity index is 323. The smallest absolute Gasteiger partial charge is 0.159 e. The molecule has 1 rings (SSSR count). The summed E-state index contributed by atoms with van der Waals surface area (Å²) in [5.74, 6) is -0.954. The molecule has 0 N–H and O–H groups in total. The van der Waals surface area contributed by atoms with Crippen LogP contribution in [0.3, 0.4) is 0 Å². The van der Waals surface area contributed by atoms with Gasteiger partial charge in [-0.25, -0.2) is 8.78 Å². The number of hydrogen-bond acceptors (Lipinski definition) is 0. The standard InChI is InChI=1S/C12H15BrF2/c1-8(2)5-10(13)6-9-3-4-11(14)12(15)7-9/h3-4,7-8,10H,5-6H2,1-2H3. The fourth-order valence-corrected chi connectivity index (χ4v) is 2.64. The highest BCUT2D eigenvalue weighted by atomic mass is 79.9. The first-order valence-corrected chi connectivity index (χ1v) is 5.98. The second-order valence-electron chi connectivity index (χ2n) is 4.18. The van der Waals surface area contributed by atoms with Gasteiger partial charge >= 0.3 is 0 Å². The summed E-state index contributed by atoms with van der Waals surface area (Å²) >= 11 is 3.54. The third-order valence-corrected chi connectivity index (χ3v) is 2.87. The molecule has 0 spiro atoms. The van der Waals surface area contributed by atoms with Crippen molar-refractivity contribution in [1.29, 1.82) is 0 Å². The minimum absolute atomic E-state index is 0.322. The highest BCUT2D eigenvalue weighted by Crippen LogP contribution is 2.19. The Hall–Kier alpha value is -0.440. The first-order chi connectivity index (χ1) is 6.99. The molecule has 0 saturated carbocycles. The van der Waals surface area contributed by atoms with Crippen molar-refractivity contribution in [3.63, 3.8) is 0 Å². The molecule has 15 heavy (non-hydrogen) atoms. The summed E-state index contributed by atoms with van der Waals surface area (Å²) in [4.78, 5) is 0.322. The fraction of sp³-hybridized carbons (Fsp3) is 0.500. The van der Waals surface area contributed by atoms with Crippen LogP contribution in [0.5, 0.6) is 0 Å². The number of hydrogen-bond donors (Lipinski definition) is 0. The summed E-state index contributed by atoms with van der Waals surface area (Å²) in [5, 5.41) is 0. The summed E-state index contributed by atoms with van der Waals surface area (Å²) < 4.78 is 25.6. The van der Waals surface area contributed by atoms with E-state index in [0.717, 1.165) is 18.4 Å². The van der Waals surface area contributed by atoms with Crippen LogP contribution in [0.4, 0.5) is 8.78 Å². The number of alkyl halides is 1. The van der Waals surface area contributed by atoms with Gasteiger partial charge in [-0.1, -0.05) is 35.8 Å². The summed E-state index contributed by atoms with van der Waals surface area (Å²) in [5.41, 5.74) is 0.830. The van der Waals surface area contributed by atoms with Gasteiger partial charge in [0.15, 0.2) is 11.6 Å². The lowest BCUT2D eigenvalue weighted by atomic mass is 10.0. The first-order valence-electron chi connectivity index (χ1n) is 5.07. The van der Waals surface area contributed by atoms with Crippen LogP contribution in [-0.4, -0.2) is 4.83 Å². The van der Waals surface area contributed by atoms with E-state index in [4.69, 9.17) is 0 Å². The molecule has 0 bridgehead atoms. The van der Waals surface area contributed by atoms with Gasteiger partial charge in [-0.15, -0.1) is 0 Å². The van der Waals surface area contributed by atoms with E-state index in [1.807, 2.05) is 0 Å². The average Bonchev–Trinajstić information content (AvgIpc) is 2.10. The largest absolute Gasteiger partial charge is 0.204 e. The molecule has 84 valence electrons. The zero-order valence-corrected chi connectivity index (χ0v) is 10.5. The van der Waals surface area contributed by atoms with Gasteiger partial charge in [-0.2, -0.15) is 0 Å². The molecule has 0 radical (unpaired) electrons. The molecule has 1 aromatic rings. The van der Waals surface area contributed by atoms with E-state index in [0.29, 0.717) is 10.7 Å². The van der Waals surface area contributed by atoms with Crippen molar-refractivity contribution in [1.82, 2.24) is 0 Å². The normalized spacial score (nSPS) is 13.2. The quantitative estimate of drug-likeness (QED) is 0.719. The molecule has 0 nitrogen and oxygen atoms in total. The zero-order valence-electron chi connectivity index (χ0n) is 8.93. The maximum Gasteiger partial charge on any atom is 0.159 e. The molecule has 0 fully saturated rings. The van der Waals surface area contributed by atoms with Crippen LogP contribution in [0, 0.1) is 17.6 Å². The monoisotopic (exact) mass is 276 g/mol. The first kappa shape index (κ1) is 12.6. The molecule has 0 heterocycles. The minimum Gasteiger partial charge on any atom is -0.204 e. The van der Waals surface area contributed by atoms with Gasteiger partial charge in [0.1, 0.15) is 0 Å². The molecular formula is C12H15BrF2. The maximum absolute atomic E-state index is 12.9. The topological polar surface area (TPSA) is 0 Å². The number of rotatable bonds is 4. The highest BCUT2D eigenvalue weighted by molar-refractivity contribution is 9.09. The molecule has 0 aromatic heterocycles. The molecule has 3 heteroatoms. The highest BCUT2D eigenvalue weighted by Gasteiger charge is 2.09. The van der Waals surface area contributed by atoms with Crippen molar-refractivity contribution >= 4 is 15.9 Å². The summed E-state index contributed by atoms with van der Waals surface area (Å²) in [7, 11) is 0. The number of halogens is 3. The fourth-order valence-electron chi connectivity index (χ4n) is 1.52. The van der Waals surface area contributed by atoms with Crippen LogP contribution in [0.1, 0.15) is 25.8 Å². The van der Waals surface area contributed by atoms with Crippen molar-refractivity contribution in [2.75, 3.05) is 0 Å². The van der Waals surface area contributed by atoms with Crippen LogP contribution in [0.2, 0.25) is 0 Å². The van der Waals surface area contributed by atoms with Crippen molar-refractivity contribution < 1.29 is 8.78 Å². The predicted molar refractivity (Wildman–Crippen MR) is 62.2 cm³/mol. The van der Waals surface area contributed by atoms with E-state index >= 15 is 0 Å². The van der Waals surface area contributed by atoms with Crippen molar-refractivity contribution in [3.8, 4) is 0 Å². The zero-order chi connectivity index (χ0) is 11.4. The Kier molecular flexibility index (Phi) is 4.71. The van der Waals surface area contributed by atoms with E-state index in [9.17, 15) is 8.78 Å². The molecule has 0 aliphatic carbocycles. The summed E-state index contributed by atoms with van der Waals surface area (Å²) in [6, 6.07) is 4.08. The van der Waals surface area contributed by atoms with E-state index in [-0.39, 0.29) is 0 Å². The van der Waals surface area contributed by atoms with Gasteiger partial charge in [0, 0.05) is 4.83 Å². The molecule has 0 amide bonds. The van der Waals surface area contributed by atoms with Gasteiger partial charge in [0.05, 0.1) is 0 Å². The minimum atomic E-state index is -0.784. The van der Waals surface area contributed by atoms with E-state index < -0.39 is 11.6 Å². The lowest BCUT2D eigenvalue weighted by Crippen LogP contribution is -2.06. The Morgan fingerprint density at radius 2 is 1.87 bits per heavy atom. The van der Waals surface area contributed by atoms with Gasteiger partial charge in [-0.05, 0) is 36.5 Å². The molecule has 0 aliphatic rings. The average molecular weight is 277 g/mol. The Labute approximate surface area is 97.8 Å². The van der Waals surface area contributed by atoms with Gasteiger partial charge in [-0.3, -0.25) is 0 Å². The molecule has 1 unspecified atom stereocenters. The Morgan fingerprint density at radius 1 is 1.20 bits per heavy atom. The molecule has 1 aromatic carbocycles. The predicted octanol–water partition coefficient (Wildman–Crippen LogP) is 4.32. The van der Waals surface area contributed by atoms with Crippen LogP contribution in [0.15, 0.2) is 18.2 Å². The van der Waals surface area contributed by atoms with Crippen molar-refractivity contribution in [3.05, 3.63) is 35.4 Å². The van der Waals surface area contributed by atoms with Crippen LogP contribution in [-0.2, 0) is 6.42 Å². The Morgan fingerprint density at radius 3 is 2.40 bits per heavy atom. The second-order valence-corrected chi connectivity index (χ2v) is 5.47. The van der Waals surface area contributed by atoms with Gasteiger partial charge in [0.2, 0.25) is 0 Å². The van der Waals surface area contributed by atoms with Crippen LogP contribution >= 0.6 is 15.9 Å². The second kappa shape index (κ2) is 5.59. The summed E-state index contributed by atoms with van der Waals surface area (Å²) in [6.45, 7) is 4.28. The van der Waals surface area contributed by atoms with Crippen LogP contribution in [0.25, 0.3) is 0 Å². The third kappa shape index (κ3) is 4.29. The molecular weight excluding hydrogens is 262 g/mol. The van der Waals surface area contributed by atoms with Gasteiger partial charge < -0.3 is 0 Å². The molecule has 1 atom stereocenters. The van der Waals surface area contributed by atoms with Crippen LogP contribution < -0.4 is 0 Å². The SMILES string of the molecule is CC(C)CC(Br)Cc1ccc(F)c(F)c1. The summed E-state index contributed by atoms with van der Waals surface area (Å²) in [6.07, 6.45) is 1.76. The Balaban J connectivity index is 2.60. The van der Waals surface area contributed by atoms with E-state index in [1.165, 1.54) is 12.1 Å². The molecule has 0 aliphatic heterocycles. The molecule has 0 saturated heterocycles. The van der Waals surface area contributed by atoms with E-state index in [1.54, 1.807) is 6.07 Å². The number of benzene rings is 1. The lowest BCUT2D eigenvalue weighted by Gasteiger charge is -2.12. The lowest BCUT2D eigenvalue weighted by molar-refractivity contribution is 0.506. The van der Waals surface area contributed by atoms with Gasteiger partial charge in [0.25, 0.3) is 0 Å². The van der Waals surface area contributed by atoms with E-state index in [2.05, 4.69) is 29.8 Å². The maximum atomic E-state index is 12.9. The van der Waals surface area contributed by atoms with Crippen molar-refractivity contribution in [2.24, 2.45) is 5.92 Å².